The lowest BCUT2D eigenvalue weighted by Gasteiger charge is -2.20. The topological polar surface area (TPSA) is 15.3 Å². The van der Waals surface area contributed by atoms with Crippen LogP contribution in [0.2, 0.25) is 0 Å². The van der Waals surface area contributed by atoms with Crippen LogP contribution in [-0.4, -0.2) is 43.3 Å². The second-order valence-corrected chi connectivity index (χ2v) is 12.8. The van der Waals surface area contributed by atoms with Crippen molar-refractivity contribution >= 4 is 57.3 Å². The Balaban J connectivity index is 1.12. The van der Waals surface area contributed by atoms with Crippen LogP contribution in [0, 0.1) is 0 Å². The standard InChI is InChI=1S/C35H43N4S2/c1-5-38-22-19-32(20-23-38)8-7-30-11-15-34(16-12-30)36(3)25-27-40-41-28-26-37(4)35-17-13-31(14-18-35)9-10-33-21-24-39(6-2)29-33/h7-24,29H,5-6,25-28H2,1-4H3/q+1/b10-9+. The SMILES string of the molecule is CCn1ccc(/C=C/c2ccc(N(C)CCSSCCN(C)c3ccc(/C=C/c4cc[n+](CC)cc4)cc3)cc2)c1. The zero-order valence-electron chi connectivity index (χ0n) is 24.8. The van der Waals surface area contributed by atoms with Crippen molar-refractivity contribution in [1.82, 2.24) is 4.57 Å². The van der Waals surface area contributed by atoms with Crippen LogP contribution in [0.4, 0.5) is 11.4 Å². The maximum absolute atomic E-state index is 2.34. The first-order chi connectivity index (χ1) is 20.0. The molecule has 0 N–H and O–H groups in total. The Kier molecular flexibility index (Phi) is 12.1. The summed E-state index contributed by atoms with van der Waals surface area (Å²) in [4.78, 5) is 4.67. The van der Waals surface area contributed by atoms with Crippen LogP contribution in [0.5, 0.6) is 0 Å². The van der Waals surface area contributed by atoms with Gasteiger partial charge in [-0.3, -0.25) is 0 Å². The maximum Gasteiger partial charge on any atom is 0.169 e. The fourth-order valence-corrected chi connectivity index (χ4v) is 6.42. The first-order valence-electron chi connectivity index (χ1n) is 14.4. The number of hydrogen-bond donors (Lipinski definition) is 0. The molecule has 0 radical (unpaired) electrons. The first-order valence-corrected chi connectivity index (χ1v) is 16.9. The summed E-state index contributed by atoms with van der Waals surface area (Å²) in [5.41, 5.74) is 7.42. The minimum Gasteiger partial charge on any atom is -0.374 e. The Bertz CT molecular complexity index is 1370. The third kappa shape index (κ3) is 9.91. The lowest BCUT2D eigenvalue weighted by atomic mass is 10.1. The zero-order chi connectivity index (χ0) is 28.9. The van der Waals surface area contributed by atoms with Gasteiger partial charge in [0.05, 0.1) is 0 Å². The number of aryl methyl sites for hydroxylation is 2. The number of aromatic nitrogens is 2. The highest BCUT2D eigenvalue weighted by Crippen LogP contribution is 2.24. The number of hydrogen-bond acceptors (Lipinski definition) is 4. The summed E-state index contributed by atoms with van der Waals surface area (Å²) in [6, 6.07) is 24.1. The molecule has 0 aliphatic rings. The van der Waals surface area contributed by atoms with E-state index < -0.39 is 0 Å². The average Bonchev–Trinajstić information content (AvgIpc) is 3.49. The Morgan fingerprint density at radius 1 is 0.634 bits per heavy atom. The summed E-state index contributed by atoms with van der Waals surface area (Å²) in [5, 5.41) is 0. The summed E-state index contributed by atoms with van der Waals surface area (Å²) in [6.07, 6.45) is 17.3. The third-order valence-electron chi connectivity index (χ3n) is 7.13. The summed E-state index contributed by atoms with van der Waals surface area (Å²) in [5.74, 6) is 2.20. The van der Waals surface area contributed by atoms with E-state index in [-0.39, 0.29) is 0 Å². The normalized spacial score (nSPS) is 11.5. The molecule has 4 rings (SSSR count). The van der Waals surface area contributed by atoms with Crippen LogP contribution in [0.15, 0.2) is 91.5 Å². The molecule has 0 unspecified atom stereocenters. The van der Waals surface area contributed by atoms with Crippen molar-refractivity contribution in [3.8, 4) is 0 Å². The molecule has 0 bridgehead atoms. The van der Waals surface area contributed by atoms with Gasteiger partial charge in [-0.15, -0.1) is 0 Å². The van der Waals surface area contributed by atoms with E-state index in [2.05, 4.69) is 163 Å². The molecule has 2 aromatic heterocycles. The van der Waals surface area contributed by atoms with Crippen LogP contribution < -0.4 is 14.4 Å². The second-order valence-electron chi connectivity index (χ2n) is 10.1. The molecule has 0 saturated heterocycles. The van der Waals surface area contributed by atoms with Gasteiger partial charge in [0.15, 0.2) is 12.4 Å². The number of anilines is 2. The maximum atomic E-state index is 2.34. The predicted octanol–water partition coefficient (Wildman–Crippen LogP) is 8.11. The average molecular weight is 584 g/mol. The molecule has 41 heavy (non-hydrogen) atoms. The van der Waals surface area contributed by atoms with E-state index in [4.69, 9.17) is 0 Å². The molecular formula is C35H43N4S2+. The predicted molar refractivity (Wildman–Crippen MR) is 185 cm³/mol. The lowest BCUT2D eigenvalue weighted by Crippen LogP contribution is -2.30. The van der Waals surface area contributed by atoms with E-state index in [0.717, 1.165) is 37.7 Å². The molecule has 0 atom stereocenters. The molecule has 0 aliphatic heterocycles. The van der Waals surface area contributed by atoms with Gasteiger partial charge in [0.25, 0.3) is 0 Å². The van der Waals surface area contributed by atoms with Crippen molar-refractivity contribution in [2.24, 2.45) is 0 Å². The number of nitrogens with zero attached hydrogens (tertiary/aromatic N) is 4. The van der Waals surface area contributed by atoms with Crippen molar-refractivity contribution in [3.63, 3.8) is 0 Å². The number of pyridine rings is 1. The molecule has 214 valence electrons. The van der Waals surface area contributed by atoms with Gasteiger partial charge in [0.2, 0.25) is 0 Å². The van der Waals surface area contributed by atoms with Crippen LogP contribution >= 0.6 is 21.6 Å². The van der Waals surface area contributed by atoms with Crippen LogP contribution in [-0.2, 0) is 13.1 Å². The van der Waals surface area contributed by atoms with E-state index >= 15 is 0 Å². The smallest absolute Gasteiger partial charge is 0.169 e. The van der Waals surface area contributed by atoms with Gasteiger partial charge < -0.3 is 14.4 Å². The Labute approximate surface area is 254 Å². The van der Waals surface area contributed by atoms with Gasteiger partial charge in [-0.1, -0.05) is 70.2 Å². The summed E-state index contributed by atoms with van der Waals surface area (Å²) in [7, 11) is 8.27. The number of benzene rings is 2. The van der Waals surface area contributed by atoms with Crippen molar-refractivity contribution in [3.05, 3.63) is 114 Å². The zero-order valence-corrected chi connectivity index (χ0v) is 26.5. The van der Waals surface area contributed by atoms with Crippen LogP contribution in [0.1, 0.15) is 36.1 Å². The van der Waals surface area contributed by atoms with Crippen LogP contribution in [0.3, 0.4) is 0 Å². The largest absolute Gasteiger partial charge is 0.374 e. The minimum absolute atomic E-state index is 0.997. The summed E-state index contributed by atoms with van der Waals surface area (Å²) in [6.45, 7) is 8.37. The van der Waals surface area contributed by atoms with Gasteiger partial charge in [0, 0.05) is 81.1 Å². The molecule has 0 aliphatic carbocycles. The molecular weight excluding hydrogens is 541 g/mol. The molecule has 0 saturated carbocycles. The van der Waals surface area contributed by atoms with E-state index in [1.54, 1.807) is 0 Å². The minimum atomic E-state index is 0.997. The molecule has 6 heteroatoms. The highest BCUT2D eigenvalue weighted by atomic mass is 33.1. The van der Waals surface area contributed by atoms with Crippen molar-refractivity contribution in [2.45, 2.75) is 26.9 Å². The molecule has 0 amide bonds. The van der Waals surface area contributed by atoms with E-state index in [9.17, 15) is 0 Å². The van der Waals surface area contributed by atoms with E-state index in [1.807, 2.05) is 21.6 Å². The van der Waals surface area contributed by atoms with Crippen molar-refractivity contribution < 1.29 is 4.57 Å². The van der Waals surface area contributed by atoms with Crippen molar-refractivity contribution in [1.29, 1.82) is 0 Å². The van der Waals surface area contributed by atoms with Gasteiger partial charge >= 0.3 is 0 Å². The quantitative estimate of drug-likeness (QED) is 0.0797. The first kappa shape index (κ1) is 30.6. The Morgan fingerprint density at radius 3 is 1.54 bits per heavy atom. The lowest BCUT2D eigenvalue weighted by molar-refractivity contribution is -0.693. The highest BCUT2D eigenvalue weighted by Gasteiger charge is 2.04. The fourth-order valence-electron chi connectivity index (χ4n) is 4.33. The Hall–Kier alpha value is -3.35. The second kappa shape index (κ2) is 16.2. The van der Waals surface area contributed by atoms with Crippen molar-refractivity contribution in [2.75, 3.05) is 48.5 Å². The van der Waals surface area contributed by atoms with Gasteiger partial charge in [-0.2, -0.15) is 0 Å². The summed E-state index contributed by atoms with van der Waals surface area (Å²) < 4.78 is 4.36. The highest BCUT2D eigenvalue weighted by molar-refractivity contribution is 8.76. The molecule has 2 heterocycles. The van der Waals surface area contributed by atoms with Crippen LogP contribution in [0.25, 0.3) is 24.3 Å². The molecule has 4 aromatic rings. The van der Waals surface area contributed by atoms with Gasteiger partial charge in [0.1, 0.15) is 6.54 Å². The monoisotopic (exact) mass is 583 g/mol. The van der Waals surface area contributed by atoms with Gasteiger partial charge in [-0.25, -0.2) is 4.57 Å². The molecule has 2 aromatic carbocycles. The Morgan fingerprint density at radius 2 is 1.10 bits per heavy atom. The van der Waals surface area contributed by atoms with E-state index in [1.165, 1.54) is 33.6 Å². The van der Waals surface area contributed by atoms with E-state index in [0.29, 0.717) is 0 Å². The van der Waals surface area contributed by atoms with Gasteiger partial charge in [-0.05, 0) is 66.4 Å². The summed E-state index contributed by atoms with van der Waals surface area (Å²) >= 11 is 0. The molecule has 0 fully saturated rings. The third-order valence-corrected chi connectivity index (χ3v) is 9.49. The molecule has 0 spiro atoms. The molecule has 4 nitrogen and oxygen atoms in total. The number of rotatable bonds is 15. The fraction of sp³-hybridized carbons (Fsp3) is 0.286.